The van der Waals surface area contributed by atoms with E-state index in [4.69, 9.17) is 0 Å². The first-order valence-corrected chi connectivity index (χ1v) is 16.3. The largest absolute Gasteiger partial charge is 0.389 e. The number of carbonyl (C=O) groups excluding carboxylic acids is 2. The van der Waals surface area contributed by atoms with Gasteiger partial charge in [-0.15, -0.1) is 11.3 Å². The first-order chi connectivity index (χ1) is 18.9. The Bertz CT molecular complexity index is 1570. The van der Waals surface area contributed by atoms with Crippen LogP contribution in [0.3, 0.4) is 0 Å². The molecule has 2 aromatic carbocycles. The molecule has 0 aliphatic heterocycles. The summed E-state index contributed by atoms with van der Waals surface area (Å²) < 4.78 is 29.4. The molecule has 0 unspecified atom stereocenters. The molecule has 1 aromatic heterocycles. The second-order valence-electron chi connectivity index (χ2n) is 13.5. The summed E-state index contributed by atoms with van der Waals surface area (Å²) >= 11 is 1.11. The third-order valence-electron chi connectivity index (χ3n) is 7.31. The van der Waals surface area contributed by atoms with Crippen molar-refractivity contribution in [2.24, 2.45) is 11.3 Å². The first-order valence-electron chi connectivity index (χ1n) is 14.0. The molecule has 0 atom stereocenters. The standard InChI is InChI=1S/C31H41N3O5S2/c1-29(2,3)34-41(38,39)23-13-12-22(20-10-8-9-11-21(20)23)26-24(25(35)19-14-16-30(4,5)17-15-19)33-28(40-26)27(36)32-18-31(6,7)37/h8-13,19,34,37H,14-18H2,1-7H3,(H,32,36). The lowest BCUT2D eigenvalue weighted by molar-refractivity contribution is 0.0693. The number of ketones is 1. The monoisotopic (exact) mass is 599 g/mol. The number of fused-ring (bicyclic) bond motifs is 1. The summed E-state index contributed by atoms with van der Waals surface area (Å²) in [6.45, 7) is 13.0. The number of amides is 1. The smallest absolute Gasteiger partial charge is 0.280 e. The van der Waals surface area contributed by atoms with E-state index >= 15 is 0 Å². The molecule has 1 fully saturated rings. The number of carbonyl (C=O) groups is 2. The van der Waals surface area contributed by atoms with Crippen molar-refractivity contribution in [1.82, 2.24) is 15.0 Å². The lowest BCUT2D eigenvalue weighted by Crippen LogP contribution is -2.40. The third-order valence-corrected chi connectivity index (χ3v) is 10.2. The second kappa shape index (κ2) is 11.2. The Morgan fingerprint density at radius 1 is 1.02 bits per heavy atom. The number of hydrogen-bond acceptors (Lipinski definition) is 7. The average Bonchev–Trinajstić information content (AvgIpc) is 3.29. The molecule has 41 heavy (non-hydrogen) atoms. The van der Waals surface area contributed by atoms with Gasteiger partial charge in [-0.25, -0.2) is 18.1 Å². The molecule has 0 bridgehead atoms. The molecule has 1 amide bonds. The molecule has 8 nitrogen and oxygen atoms in total. The number of thiazole rings is 1. The van der Waals surface area contributed by atoms with E-state index in [1.165, 1.54) is 0 Å². The highest BCUT2D eigenvalue weighted by molar-refractivity contribution is 7.89. The second-order valence-corrected chi connectivity index (χ2v) is 16.2. The van der Waals surface area contributed by atoms with Crippen LogP contribution in [0.1, 0.15) is 94.4 Å². The zero-order chi connectivity index (χ0) is 30.4. The van der Waals surface area contributed by atoms with Gasteiger partial charge in [-0.05, 0) is 77.2 Å². The van der Waals surface area contributed by atoms with E-state index in [9.17, 15) is 23.1 Å². The van der Waals surface area contributed by atoms with Gasteiger partial charge in [-0.3, -0.25) is 9.59 Å². The van der Waals surface area contributed by atoms with E-state index in [-0.39, 0.29) is 39.3 Å². The molecule has 3 aromatic rings. The molecule has 222 valence electrons. The summed E-state index contributed by atoms with van der Waals surface area (Å²) in [6.07, 6.45) is 3.36. The Balaban J connectivity index is 1.84. The van der Waals surface area contributed by atoms with E-state index < -0.39 is 27.1 Å². The van der Waals surface area contributed by atoms with Gasteiger partial charge in [0.2, 0.25) is 10.0 Å². The number of hydrogen-bond donors (Lipinski definition) is 3. The van der Waals surface area contributed by atoms with E-state index in [0.29, 0.717) is 21.2 Å². The number of sulfonamides is 1. The van der Waals surface area contributed by atoms with Crippen molar-refractivity contribution in [3.05, 3.63) is 47.1 Å². The Morgan fingerprint density at radius 3 is 2.22 bits per heavy atom. The summed E-state index contributed by atoms with van der Waals surface area (Å²) in [5.41, 5.74) is -0.712. The van der Waals surface area contributed by atoms with Crippen LogP contribution in [-0.2, 0) is 10.0 Å². The van der Waals surface area contributed by atoms with Gasteiger partial charge >= 0.3 is 0 Å². The van der Waals surface area contributed by atoms with E-state index in [1.54, 1.807) is 58.9 Å². The minimum atomic E-state index is -3.84. The average molecular weight is 600 g/mol. The molecule has 4 rings (SSSR count). The molecular weight excluding hydrogens is 558 g/mol. The van der Waals surface area contributed by atoms with E-state index in [0.717, 1.165) is 37.0 Å². The van der Waals surface area contributed by atoms with Gasteiger partial charge in [0.1, 0.15) is 5.69 Å². The lowest BCUT2D eigenvalue weighted by Gasteiger charge is -2.33. The van der Waals surface area contributed by atoms with Crippen LogP contribution in [0, 0.1) is 11.3 Å². The Kier molecular flexibility index (Phi) is 8.55. The maximum Gasteiger partial charge on any atom is 0.280 e. The molecule has 0 saturated heterocycles. The Labute approximate surface area is 247 Å². The van der Waals surface area contributed by atoms with Crippen LogP contribution < -0.4 is 10.0 Å². The molecule has 10 heteroatoms. The van der Waals surface area contributed by atoms with Crippen LogP contribution in [0.15, 0.2) is 41.3 Å². The van der Waals surface area contributed by atoms with Gasteiger partial charge in [-0.2, -0.15) is 0 Å². The highest BCUT2D eigenvalue weighted by Crippen LogP contribution is 2.42. The number of benzene rings is 2. The van der Waals surface area contributed by atoms with Crippen LogP contribution in [0.2, 0.25) is 0 Å². The molecule has 3 N–H and O–H groups in total. The van der Waals surface area contributed by atoms with Gasteiger partial charge in [0, 0.05) is 29.0 Å². The fraction of sp³-hybridized carbons (Fsp3) is 0.516. The van der Waals surface area contributed by atoms with E-state index in [2.05, 4.69) is 28.9 Å². The Morgan fingerprint density at radius 2 is 1.63 bits per heavy atom. The zero-order valence-corrected chi connectivity index (χ0v) is 26.6. The van der Waals surface area contributed by atoms with Crippen molar-refractivity contribution in [2.45, 2.75) is 90.2 Å². The van der Waals surface area contributed by atoms with E-state index in [1.807, 2.05) is 12.1 Å². The highest BCUT2D eigenvalue weighted by Gasteiger charge is 2.35. The fourth-order valence-corrected chi connectivity index (χ4v) is 7.81. The fourth-order valence-electron chi connectivity index (χ4n) is 5.16. The lowest BCUT2D eigenvalue weighted by atomic mass is 9.71. The molecule has 0 spiro atoms. The summed E-state index contributed by atoms with van der Waals surface area (Å²) in [5, 5.41) is 14.1. The van der Waals surface area contributed by atoms with Crippen LogP contribution >= 0.6 is 11.3 Å². The van der Waals surface area contributed by atoms with Gasteiger partial charge < -0.3 is 10.4 Å². The summed E-state index contributed by atoms with van der Waals surface area (Å²) in [4.78, 5) is 32.3. The minimum absolute atomic E-state index is 0.0258. The summed E-state index contributed by atoms with van der Waals surface area (Å²) in [6, 6.07) is 10.4. The molecule has 1 saturated carbocycles. The number of nitrogens with one attached hydrogen (secondary N) is 2. The molecule has 1 aliphatic rings. The van der Waals surface area contributed by atoms with Crippen molar-refractivity contribution < 1.29 is 23.1 Å². The van der Waals surface area contributed by atoms with Gasteiger partial charge in [-0.1, -0.05) is 44.2 Å². The van der Waals surface area contributed by atoms with Crippen LogP contribution in [0.25, 0.3) is 21.2 Å². The van der Waals surface area contributed by atoms with Gasteiger partial charge in [0.25, 0.3) is 5.91 Å². The number of aromatic nitrogens is 1. The highest BCUT2D eigenvalue weighted by atomic mass is 32.2. The Hall–Kier alpha value is -2.66. The SMILES string of the molecule is CC(C)(O)CNC(=O)c1nc(C(=O)C2CCC(C)(C)CC2)c(-c2ccc(S(=O)(=O)NC(C)(C)C)c3ccccc23)s1. The van der Waals surface area contributed by atoms with Crippen LogP contribution in [0.4, 0.5) is 0 Å². The number of aliphatic hydroxyl groups is 1. The topological polar surface area (TPSA) is 125 Å². The van der Waals surface area contributed by atoms with Crippen molar-refractivity contribution in [1.29, 1.82) is 0 Å². The predicted octanol–water partition coefficient (Wildman–Crippen LogP) is 5.94. The quantitative estimate of drug-likeness (QED) is 0.275. The van der Waals surface area contributed by atoms with Crippen molar-refractivity contribution in [3.8, 4) is 10.4 Å². The molecule has 0 radical (unpaired) electrons. The summed E-state index contributed by atoms with van der Waals surface area (Å²) in [5.74, 6) is -0.762. The van der Waals surface area contributed by atoms with Crippen molar-refractivity contribution in [2.75, 3.05) is 6.54 Å². The molecule has 1 heterocycles. The normalized spacial score (nSPS) is 16.6. The third kappa shape index (κ3) is 7.41. The zero-order valence-electron chi connectivity index (χ0n) is 24.9. The number of rotatable bonds is 8. The van der Waals surface area contributed by atoms with Crippen molar-refractivity contribution in [3.63, 3.8) is 0 Å². The molecule has 1 aliphatic carbocycles. The first kappa shape index (κ1) is 31.3. The number of Topliss-reactive ketones (excluding diaryl/α,β-unsaturated/α-hetero) is 1. The number of nitrogens with zero attached hydrogens (tertiary/aromatic N) is 1. The van der Waals surface area contributed by atoms with Crippen LogP contribution in [0.5, 0.6) is 0 Å². The summed E-state index contributed by atoms with van der Waals surface area (Å²) in [7, 11) is -3.84. The minimum Gasteiger partial charge on any atom is -0.389 e. The van der Waals surface area contributed by atoms with Gasteiger partial charge in [0.15, 0.2) is 10.8 Å². The predicted molar refractivity (Wildman–Crippen MR) is 164 cm³/mol. The maximum absolute atomic E-state index is 13.9. The maximum atomic E-state index is 13.9. The molecular formula is C31H41N3O5S2. The van der Waals surface area contributed by atoms with Gasteiger partial charge in [0.05, 0.1) is 15.4 Å². The van der Waals surface area contributed by atoms with Crippen molar-refractivity contribution >= 4 is 43.8 Å². The van der Waals surface area contributed by atoms with Crippen LogP contribution in [-0.4, -0.2) is 47.9 Å².